The molecule has 3 aromatic carbocycles. The van der Waals surface area contributed by atoms with Crippen LogP contribution < -0.4 is 10.1 Å². The molecule has 1 amide bonds. The summed E-state index contributed by atoms with van der Waals surface area (Å²) in [5.41, 5.74) is 2.23. The first kappa shape index (κ1) is 21.6. The first-order valence-electron chi connectivity index (χ1n) is 9.91. The number of benzene rings is 3. The first-order valence-corrected chi connectivity index (χ1v) is 10.9. The van der Waals surface area contributed by atoms with Crippen molar-refractivity contribution in [2.75, 3.05) is 12.9 Å². The molecule has 0 fully saturated rings. The van der Waals surface area contributed by atoms with Crippen LogP contribution in [0.3, 0.4) is 0 Å². The Bertz CT molecular complexity index is 1180. The Morgan fingerprint density at radius 1 is 1.03 bits per heavy atom. The van der Waals surface area contributed by atoms with Gasteiger partial charge in [0, 0.05) is 0 Å². The maximum absolute atomic E-state index is 14.2. The van der Waals surface area contributed by atoms with Crippen molar-refractivity contribution in [3.63, 3.8) is 0 Å². The Morgan fingerprint density at radius 2 is 1.72 bits per heavy atom. The number of halogens is 1. The van der Waals surface area contributed by atoms with E-state index in [1.54, 1.807) is 25.3 Å². The quantitative estimate of drug-likeness (QED) is 0.404. The summed E-state index contributed by atoms with van der Waals surface area (Å²) in [5.74, 6) is 0.284. The number of carbonyl (C=O) groups is 1. The number of aromatic nitrogens is 3. The summed E-state index contributed by atoms with van der Waals surface area (Å²) in [7, 11) is 1.61. The summed E-state index contributed by atoms with van der Waals surface area (Å²) in [6.45, 7) is 0. The van der Waals surface area contributed by atoms with Gasteiger partial charge >= 0.3 is 0 Å². The van der Waals surface area contributed by atoms with Gasteiger partial charge in [0.25, 0.3) is 0 Å². The van der Waals surface area contributed by atoms with E-state index < -0.39 is 0 Å². The van der Waals surface area contributed by atoms with E-state index in [0.717, 1.165) is 16.9 Å². The van der Waals surface area contributed by atoms with Gasteiger partial charge in [0.1, 0.15) is 17.9 Å². The summed E-state index contributed by atoms with van der Waals surface area (Å²) >= 11 is 1.19. The topological polar surface area (TPSA) is 69.0 Å². The maximum atomic E-state index is 14.2. The number of nitrogens with one attached hydrogen (secondary N) is 1. The molecule has 4 rings (SSSR count). The summed E-state index contributed by atoms with van der Waals surface area (Å²) in [4.78, 5) is 12.8. The molecule has 0 aliphatic carbocycles. The third kappa shape index (κ3) is 4.97. The van der Waals surface area contributed by atoms with Crippen molar-refractivity contribution < 1.29 is 13.9 Å². The molecule has 4 aromatic rings. The lowest BCUT2D eigenvalue weighted by molar-refractivity contribution is -0.119. The van der Waals surface area contributed by atoms with Crippen molar-refractivity contribution in [3.05, 3.63) is 102 Å². The number of ether oxygens (including phenoxy) is 1. The largest absolute Gasteiger partial charge is 0.497 e. The minimum Gasteiger partial charge on any atom is -0.497 e. The van der Waals surface area contributed by atoms with E-state index in [1.165, 1.54) is 28.7 Å². The first-order chi connectivity index (χ1) is 15.7. The number of nitrogens with zero attached hydrogens (tertiary/aromatic N) is 3. The van der Waals surface area contributed by atoms with Crippen LogP contribution in [0.25, 0.3) is 5.69 Å². The van der Waals surface area contributed by atoms with Crippen molar-refractivity contribution in [1.29, 1.82) is 0 Å². The fourth-order valence-corrected chi connectivity index (χ4v) is 4.00. The van der Waals surface area contributed by atoms with Crippen LogP contribution in [0.15, 0.2) is 90.3 Å². The van der Waals surface area contributed by atoms with Gasteiger partial charge in [-0.05, 0) is 35.4 Å². The van der Waals surface area contributed by atoms with Gasteiger partial charge in [-0.3, -0.25) is 9.36 Å². The second-order valence-electron chi connectivity index (χ2n) is 6.91. The molecule has 32 heavy (non-hydrogen) atoms. The predicted molar refractivity (Wildman–Crippen MR) is 121 cm³/mol. The highest BCUT2D eigenvalue weighted by molar-refractivity contribution is 7.99. The van der Waals surface area contributed by atoms with Crippen LogP contribution in [-0.2, 0) is 4.79 Å². The number of thioether (sulfide) groups is 1. The molecule has 0 bridgehead atoms. The molecule has 0 aliphatic heterocycles. The summed E-state index contributed by atoms with van der Waals surface area (Å²) in [6, 6.07) is 23.4. The lowest BCUT2D eigenvalue weighted by Gasteiger charge is -2.20. The number of hydrogen-bond donors (Lipinski definition) is 1. The fourth-order valence-electron chi connectivity index (χ4n) is 3.27. The van der Waals surface area contributed by atoms with Crippen LogP contribution in [0.5, 0.6) is 5.75 Å². The molecule has 1 N–H and O–H groups in total. The highest BCUT2D eigenvalue weighted by atomic mass is 32.2. The lowest BCUT2D eigenvalue weighted by atomic mass is 9.98. The fraction of sp³-hybridized carbons (Fsp3) is 0.125. The average Bonchev–Trinajstić information content (AvgIpc) is 3.30. The molecule has 1 atom stereocenters. The summed E-state index contributed by atoms with van der Waals surface area (Å²) < 4.78 is 20.9. The van der Waals surface area contributed by atoms with Crippen molar-refractivity contribution in [2.45, 2.75) is 11.2 Å². The van der Waals surface area contributed by atoms with Crippen LogP contribution in [0, 0.1) is 5.82 Å². The molecular weight excluding hydrogens is 427 g/mol. The number of rotatable bonds is 8. The van der Waals surface area contributed by atoms with Crippen LogP contribution in [-0.4, -0.2) is 33.5 Å². The second kappa shape index (κ2) is 10.1. The molecule has 0 unspecified atom stereocenters. The number of amides is 1. The molecule has 6 nitrogen and oxygen atoms in total. The van der Waals surface area contributed by atoms with Gasteiger partial charge < -0.3 is 10.1 Å². The minimum absolute atomic E-state index is 0.104. The Labute approximate surface area is 189 Å². The monoisotopic (exact) mass is 448 g/mol. The average molecular weight is 449 g/mol. The molecule has 0 aliphatic rings. The zero-order valence-electron chi connectivity index (χ0n) is 17.3. The molecule has 0 radical (unpaired) electrons. The van der Waals surface area contributed by atoms with Gasteiger partial charge in [0.05, 0.1) is 24.6 Å². The van der Waals surface area contributed by atoms with Gasteiger partial charge in [-0.2, -0.15) is 0 Å². The Hall–Kier alpha value is -3.65. The van der Waals surface area contributed by atoms with Gasteiger partial charge in [-0.25, -0.2) is 4.39 Å². The van der Waals surface area contributed by atoms with E-state index in [-0.39, 0.29) is 23.5 Å². The maximum Gasteiger partial charge on any atom is 0.231 e. The van der Waals surface area contributed by atoms with E-state index in [1.807, 2.05) is 54.6 Å². The Balaban J connectivity index is 1.49. The molecule has 1 heterocycles. The SMILES string of the molecule is COc1ccc([C@H](NC(=O)CSc2nncn2-c2ccccc2F)c2ccccc2)cc1. The van der Waals surface area contributed by atoms with Crippen LogP contribution >= 0.6 is 11.8 Å². The number of methoxy groups -OCH3 is 1. The van der Waals surface area contributed by atoms with E-state index in [0.29, 0.717) is 10.8 Å². The molecule has 162 valence electrons. The van der Waals surface area contributed by atoms with Gasteiger partial charge in [-0.15, -0.1) is 10.2 Å². The molecule has 0 saturated heterocycles. The van der Waals surface area contributed by atoms with E-state index in [2.05, 4.69) is 15.5 Å². The summed E-state index contributed by atoms with van der Waals surface area (Å²) in [5, 5.41) is 11.4. The zero-order chi connectivity index (χ0) is 22.3. The van der Waals surface area contributed by atoms with Crippen LogP contribution in [0.2, 0.25) is 0 Å². The highest BCUT2D eigenvalue weighted by Crippen LogP contribution is 2.25. The number of para-hydroxylation sites is 1. The molecule has 8 heteroatoms. The predicted octanol–water partition coefficient (Wildman–Crippen LogP) is 4.41. The third-order valence-electron chi connectivity index (χ3n) is 4.85. The molecule has 0 saturated carbocycles. The lowest BCUT2D eigenvalue weighted by Crippen LogP contribution is -2.30. The van der Waals surface area contributed by atoms with E-state index in [9.17, 15) is 9.18 Å². The smallest absolute Gasteiger partial charge is 0.231 e. The highest BCUT2D eigenvalue weighted by Gasteiger charge is 2.18. The second-order valence-corrected chi connectivity index (χ2v) is 7.85. The Kier molecular flexibility index (Phi) is 6.81. The Morgan fingerprint density at radius 3 is 2.44 bits per heavy atom. The minimum atomic E-state index is -0.387. The van der Waals surface area contributed by atoms with Crippen molar-refractivity contribution >= 4 is 17.7 Å². The van der Waals surface area contributed by atoms with Gasteiger partial charge in [0.2, 0.25) is 5.91 Å². The molecule has 0 spiro atoms. The number of carbonyl (C=O) groups excluding carboxylic acids is 1. The standard InChI is InChI=1S/C24H21FN4O2S/c1-31-19-13-11-18(12-14-19)23(17-7-3-2-4-8-17)27-22(30)15-32-24-28-26-16-29(24)21-10-6-5-9-20(21)25/h2-14,16,23H,15H2,1H3,(H,27,30)/t23-/m1/s1. The van der Waals surface area contributed by atoms with E-state index >= 15 is 0 Å². The van der Waals surface area contributed by atoms with Crippen molar-refractivity contribution in [1.82, 2.24) is 20.1 Å². The van der Waals surface area contributed by atoms with Crippen LogP contribution in [0.4, 0.5) is 4.39 Å². The normalized spacial score (nSPS) is 11.7. The van der Waals surface area contributed by atoms with E-state index in [4.69, 9.17) is 4.74 Å². The van der Waals surface area contributed by atoms with Crippen molar-refractivity contribution in [2.24, 2.45) is 0 Å². The van der Waals surface area contributed by atoms with Crippen LogP contribution in [0.1, 0.15) is 17.2 Å². The summed E-state index contributed by atoms with van der Waals surface area (Å²) in [6.07, 6.45) is 1.43. The van der Waals surface area contributed by atoms with Gasteiger partial charge in [0.15, 0.2) is 5.16 Å². The third-order valence-corrected chi connectivity index (χ3v) is 5.79. The molecular formula is C24H21FN4O2S. The van der Waals surface area contributed by atoms with Gasteiger partial charge in [-0.1, -0.05) is 66.4 Å². The zero-order valence-corrected chi connectivity index (χ0v) is 18.1. The number of hydrogen-bond acceptors (Lipinski definition) is 5. The molecule has 1 aromatic heterocycles. The van der Waals surface area contributed by atoms with Crippen molar-refractivity contribution in [3.8, 4) is 11.4 Å².